The van der Waals surface area contributed by atoms with Crippen LogP contribution in [0.3, 0.4) is 0 Å². The van der Waals surface area contributed by atoms with Gasteiger partial charge in [-0.15, -0.1) is 0 Å². The van der Waals surface area contributed by atoms with Gasteiger partial charge >= 0.3 is 0 Å². The molecule has 0 bridgehead atoms. The maximum Gasteiger partial charge on any atom is 0.166 e. The SMILES string of the molecule is COc1cc(Br)cc(C=NC[C@]2(O)CC[C@H]3[C@@H]4CC[C@H]5CCCC[C@]5(C)[C@H]4CC[C@@]32C)c1O. The number of fused-ring (bicyclic) bond motifs is 5. The van der Waals surface area contributed by atoms with Crippen LogP contribution in [0.1, 0.15) is 83.6 Å². The van der Waals surface area contributed by atoms with E-state index in [1.807, 2.05) is 6.07 Å². The van der Waals surface area contributed by atoms with Crippen molar-refractivity contribution in [3.8, 4) is 11.5 Å². The summed E-state index contributed by atoms with van der Waals surface area (Å²) in [6.07, 6.45) is 14.5. The van der Waals surface area contributed by atoms with E-state index in [2.05, 4.69) is 34.8 Å². The zero-order valence-corrected chi connectivity index (χ0v) is 22.0. The van der Waals surface area contributed by atoms with Crippen LogP contribution in [0, 0.1) is 34.5 Å². The van der Waals surface area contributed by atoms with Crippen molar-refractivity contribution in [2.24, 2.45) is 39.5 Å². The quantitative estimate of drug-likeness (QED) is 0.434. The Morgan fingerprint density at radius 1 is 1.06 bits per heavy atom. The number of aromatic hydroxyl groups is 1. The molecule has 0 unspecified atom stereocenters. The minimum absolute atomic E-state index is 0.0691. The minimum atomic E-state index is -0.769. The van der Waals surface area contributed by atoms with Gasteiger partial charge in [0, 0.05) is 21.7 Å². The third kappa shape index (κ3) is 3.67. The summed E-state index contributed by atoms with van der Waals surface area (Å²) in [6, 6.07) is 3.57. The summed E-state index contributed by atoms with van der Waals surface area (Å²) in [7, 11) is 1.54. The maximum atomic E-state index is 11.9. The van der Waals surface area contributed by atoms with Gasteiger partial charge in [-0.1, -0.05) is 42.6 Å². The normalized spacial score (nSPS) is 42.6. The molecule has 2 N–H and O–H groups in total. The Hall–Kier alpha value is -1.07. The summed E-state index contributed by atoms with van der Waals surface area (Å²) in [5.74, 6) is 3.64. The van der Waals surface area contributed by atoms with Crippen LogP contribution >= 0.6 is 15.9 Å². The predicted octanol–water partition coefficient (Wildman–Crippen LogP) is 6.75. The number of ether oxygens (including phenoxy) is 1. The smallest absolute Gasteiger partial charge is 0.166 e. The van der Waals surface area contributed by atoms with E-state index in [0.29, 0.717) is 29.2 Å². The molecule has 4 nitrogen and oxygen atoms in total. The van der Waals surface area contributed by atoms with Gasteiger partial charge in [0.25, 0.3) is 0 Å². The van der Waals surface area contributed by atoms with Crippen molar-refractivity contribution in [2.45, 2.75) is 83.7 Å². The van der Waals surface area contributed by atoms with Gasteiger partial charge in [-0.2, -0.15) is 0 Å². The lowest BCUT2D eigenvalue weighted by Crippen LogP contribution is -2.56. The number of phenolic OH excluding ortho intramolecular Hbond substituents is 1. The number of methoxy groups -OCH3 is 1. The van der Waals surface area contributed by atoms with E-state index in [0.717, 1.165) is 41.5 Å². The summed E-state index contributed by atoms with van der Waals surface area (Å²) in [5, 5.41) is 22.4. The zero-order valence-electron chi connectivity index (χ0n) is 20.4. The van der Waals surface area contributed by atoms with Gasteiger partial charge in [-0.25, -0.2) is 0 Å². The Morgan fingerprint density at radius 2 is 1.85 bits per heavy atom. The molecule has 182 valence electrons. The van der Waals surface area contributed by atoms with Crippen LogP contribution in [0.4, 0.5) is 0 Å². The first-order chi connectivity index (χ1) is 15.7. The van der Waals surface area contributed by atoms with E-state index in [9.17, 15) is 10.2 Å². The minimum Gasteiger partial charge on any atom is -0.504 e. The molecule has 0 aliphatic heterocycles. The summed E-state index contributed by atoms with van der Waals surface area (Å²) in [4.78, 5) is 4.68. The predicted molar refractivity (Wildman–Crippen MR) is 136 cm³/mol. The highest BCUT2D eigenvalue weighted by atomic mass is 79.9. The number of rotatable bonds is 4. The van der Waals surface area contributed by atoms with Gasteiger partial charge in [0.2, 0.25) is 0 Å². The molecule has 4 fully saturated rings. The van der Waals surface area contributed by atoms with Crippen molar-refractivity contribution in [2.75, 3.05) is 13.7 Å². The maximum absolute atomic E-state index is 11.9. The Kier molecular flexibility index (Phi) is 6.13. The van der Waals surface area contributed by atoms with Gasteiger partial charge in [0.05, 0.1) is 19.3 Å². The number of hydrogen-bond donors (Lipinski definition) is 2. The Bertz CT molecular complexity index is 934. The average molecular weight is 519 g/mol. The lowest BCUT2D eigenvalue weighted by molar-refractivity contribution is -0.147. The van der Waals surface area contributed by atoms with Gasteiger partial charge in [-0.05, 0) is 92.6 Å². The lowest BCUT2D eigenvalue weighted by atomic mass is 9.44. The van der Waals surface area contributed by atoms with Crippen molar-refractivity contribution in [1.29, 1.82) is 0 Å². The molecule has 4 aliphatic carbocycles. The second-order valence-corrected chi connectivity index (χ2v) is 12.9. The molecule has 33 heavy (non-hydrogen) atoms. The highest BCUT2D eigenvalue weighted by Gasteiger charge is 2.64. The van der Waals surface area contributed by atoms with E-state index in [1.54, 1.807) is 19.4 Å². The third-order valence-electron chi connectivity index (χ3n) is 10.8. The fourth-order valence-corrected chi connectivity index (χ4v) is 9.26. The van der Waals surface area contributed by atoms with Crippen LogP contribution in [0.5, 0.6) is 11.5 Å². The summed E-state index contributed by atoms with van der Waals surface area (Å²) in [6.45, 7) is 5.36. The summed E-state index contributed by atoms with van der Waals surface area (Å²) < 4.78 is 6.09. The number of aliphatic imine (C=N–C) groups is 1. The topological polar surface area (TPSA) is 62.0 Å². The number of aliphatic hydroxyl groups is 1. The molecule has 5 heteroatoms. The number of benzene rings is 1. The fourth-order valence-electron chi connectivity index (χ4n) is 8.81. The lowest BCUT2D eigenvalue weighted by Gasteiger charge is -2.61. The second kappa shape index (κ2) is 8.55. The first kappa shape index (κ1) is 23.7. The first-order valence-corrected chi connectivity index (χ1v) is 13.8. The fraction of sp³-hybridized carbons (Fsp3) is 0.750. The zero-order chi connectivity index (χ0) is 23.4. The van der Waals surface area contributed by atoms with E-state index in [1.165, 1.54) is 44.9 Å². The molecular weight excluding hydrogens is 478 g/mol. The third-order valence-corrected chi connectivity index (χ3v) is 11.2. The van der Waals surface area contributed by atoms with Crippen molar-refractivity contribution >= 4 is 22.1 Å². The summed E-state index contributed by atoms with van der Waals surface area (Å²) >= 11 is 3.47. The Balaban J connectivity index is 1.35. The number of phenols is 1. The molecule has 1 aromatic rings. The van der Waals surface area contributed by atoms with Crippen LogP contribution in [-0.2, 0) is 0 Å². The molecule has 4 aliphatic rings. The van der Waals surface area contributed by atoms with Gasteiger partial charge < -0.3 is 14.9 Å². The van der Waals surface area contributed by atoms with Crippen LogP contribution in [-0.4, -0.2) is 35.7 Å². The molecule has 0 spiro atoms. The van der Waals surface area contributed by atoms with Crippen LogP contribution < -0.4 is 4.74 Å². The average Bonchev–Trinajstić information content (AvgIpc) is 3.06. The summed E-state index contributed by atoms with van der Waals surface area (Å²) in [5.41, 5.74) is 0.297. The molecule has 4 saturated carbocycles. The monoisotopic (exact) mass is 517 g/mol. The largest absolute Gasteiger partial charge is 0.504 e. The first-order valence-electron chi connectivity index (χ1n) is 13.0. The number of halogens is 1. The molecule has 0 aromatic heterocycles. The van der Waals surface area contributed by atoms with E-state index < -0.39 is 5.60 Å². The van der Waals surface area contributed by atoms with E-state index in [-0.39, 0.29) is 11.2 Å². The Labute approximate surface area is 207 Å². The van der Waals surface area contributed by atoms with Crippen molar-refractivity contribution in [1.82, 2.24) is 0 Å². The van der Waals surface area contributed by atoms with E-state index >= 15 is 0 Å². The van der Waals surface area contributed by atoms with Crippen LogP contribution in [0.15, 0.2) is 21.6 Å². The highest BCUT2D eigenvalue weighted by molar-refractivity contribution is 9.10. The molecule has 0 saturated heterocycles. The van der Waals surface area contributed by atoms with Gasteiger partial charge in [0.15, 0.2) is 11.5 Å². The Morgan fingerprint density at radius 3 is 2.64 bits per heavy atom. The molecule has 7 atom stereocenters. The standard InChI is InChI=1S/C28H40BrNO3/c1-26-11-5-4-6-19(26)7-8-21-22(26)9-12-27(2)23(21)10-13-28(27,32)17-30-16-18-14-20(29)15-24(33-3)25(18)31/h14-16,19,21-23,31-32H,4-13,17H2,1-3H3/t19-,21-,22+,23+,26+,27+,28-/m1/s1. The molecule has 0 heterocycles. The van der Waals surface area contributed by atoms with Crippen LogP contribution in [0.25, 0.3) is 0 Å². The second-order valence-electron chi connectivity index (χ2n) is 11.9. The molecule has 0 amide bonds. The highest BCUT2D eigenvalue weighted by Crippen LogP contribution is 2.68. The van der Waals surface area contributed by atoms with Gasteiger partial charge in [0.1, 0.15) is 0 Å². The van der Waals surface area contributed by atoms with Crippen molar-refractivity contribution in [3.05, 3.63) is 22.2 Å². The molecule has 0 radical (unpaired) electrons. The number of hydrogen-bond acceptors (Lipinski definition) is 4. The molecule has 5 rings (SSSR count). The van der Waals surface area contributed by atoms with Gasteiger partial charge in [-0.3, -0.25) is 4.99 Å². The molecular formula is C28H40BrNO3. The van der Waals surface area contributed by atoms with Crippen molar-refractivity contribution < 1.29 is 14.9 Å². The molecule has 1 aromatic carbocycles. The number of nitrogens with zero attached hydrogens (tertiary/aromatic N) is 1. The van der Waals surface area contributed by atoms with E-state index in [4.69, 9.17) is 4.74 Å². The van der Waals surface area contributed by atoms with Crippen molar-refractivity contribution in [3.63, 3.8) is 0 Å². The van der Waals surface area contributed by atoms with Crippen LogP contribution in [0.2, 0.25) is 0 Å².